The molecule has 1 heterocycles. The molecular formula is C50H35N3. The van der Waals surface area contributed by atoms with Gasteiger partial charge in [0.1, 0.15) is 0 Å². The Hall–Kier alpha value is -6.71. The lowest BCUT2D eigenvalue weighted by Gasteiger charge is -2.21. The van der Waals surface area contributed by atoms with Crippen LogP contribution in [0.1, 0.15) is 25.0 Å². The van der Waals surface area contributed by atoms with Crippen LogP contribution < -0.4 is 0 Å². The Morgan fingerprint density at radius 2 is 0.736 bits per heavy atom. The van der Waals surface area contributed by atoms with Gasteiger partial charge in [0.15, 0.2) is 17.5 Å². The second-order valence-electron chi connectivity index (χ2n) is 14.3. The highest BCUT2D eigenvalue weighted by Crippen LogP contribution is 2.53. The minimum atomic E-state index is -0.0731. The Bertz CT molecular complexity index is 2860. The summed E-state index contributed by atoms with van der Waals surface area (Å²) >= 11 is 0. The van der Waals surface area contributed by atoms with Crippen LogP contribution in [0.3, 0.4) is 0 Å². The maximum Gasteiger partial charge on any atom is 0.164 e. The SMILES string of the molecule is CC1(C)c2ccccc2-c2c(-c3ccc(-c4nc(-c5ccccc5)nc(-c5cccc6c(-c7ccccc7)cccc56)n4)c4ccccc34)cccc21. The van der Waals surface area contributed by atoms with Crippen LogP contribution in [0.2, 0.25) is 0 Å². The average molecular weight is 678 g/mol. The van der Waals surface area contributed by atoms with Gasteiger partial charge < -0.3 is 0 Å². The van der Waals surface area contributed by atoms with E-state index in [1.165, 1.54) is 49.9 Å². The molecule has 1 aromatic heterocycles. The highest BCUT2D eigenvalue weighted by atomic mass is 15.0. The molecule has 1 aliphatic rings. The quantitative estimate of drug-likeness (QED) is 0.182. The topological polar surface area (TPSA) is 38.7 Å². The summed E-state index contributed by atoms with van der Waals surface area (Å²) in [5.74, 6) is 1.95. The van der Waals surface area contributed by atoms with E-state index in [1.54, 1.807) is 0 Å². The standard InChI is InChI=1S/C50H35N3/c1-50(2)44-28-12-11-22-43(44)46-40(26-15-29-45(46)50)39-30-31-42(37-21-10-9-20-36(37)39)49-52-47(33-18-7-4-8-19-33)51-48(53-49)41-27-14-24-35-34(23-13-25-38(35)41)32-16-5-3-6-17-32/h3-31H,1-2H3. The third-order valence-corrected chi connectivity index (χ3v) is 11.0. The second-order valence-corrected chi connectivity index (χ2v) is 14.3. The highest BCUT2D eigenvalue weighted by molar-refractivity contribution is 6.08. The Kier molecular flexibility index (Phi) is 7.16. The molecule has 0 saturated heterocycles. The van der Waals surface area contributed by atoms with E-state index in [0.29, 0.717) is 17.5 Å². The minimum Gasteiger partial charge on any atom is -0.208 e. The van der Waals surface area contributed by atoms with E-state index in [-0.39, 0.29) is 5.41 Å². The van der Waals surface area contributed by atoms with Crippen LogP contribution in [0.15, 0.2) is 176 Å². The maximum absolute atomic E-state index is 5.29. The fraction of sp³-hybridized carbons (Fsp3) is 0.0600. The van der Waals surface area contributed by atoms with E-state index in [2.05, 4.69) is 172 Å². The molecule has 1 aliphatic carbocycles. The predicted molar refractivity (Wildman–Crippen MR) is 220 cm³/mol. The van der Waals surface area contributed by atoms with E-state index in [9.17, 15) is 0 Å². The summed E-state index contributed by atoms with van der Waals surface area (Å²) < 4.78 is 0. The van der Waals surface area contributed by atoms with E-state index in [0.717, 1.165) is 32.8 Å². The second kappa shape index (κ2) is 12.2. The van der Waals surface area contributed by atoms with Crippen LogP contribution >= 0.6 is 0 Å². The van der Waals surface area contributed by atoms with Crippen molar-refractivity contribution in [1.82, 2.24) is 15.0 Å². The number of nitrogens with zero attached hydrogens (tertiary/aromatic N) is 3. The fourth-order valence-corrected chi connectivity index (χ4v) is 8.42. The maximum atomic E-state index is 5.29. The average Bonchev–Trinajstić information content (AvgIpc) is 3.46. The summed E-state index contributed by atoms with van der Waals surface area (Å²) in [5, 5.41) is 4.54. The molecule has 10 rings (SSSR count). The summed E-state index contributed by atoms with van der Waals surface area (Å²) in [4.78, 5) is 15.6. The highest BCUT2D eigenvalue weighted by Gasteiger charge is 2.36. The minimum absolute atomic E-state index is 0.0731. The van der Waals surface area contributed by atoms with Gasteiger partial charge in [-0.3, -0.25) is 0 Å². The number of aromatic nitrogens is 3. The van der Waals surface area contributed by atoms with Crippen molar-refractivity contribution < 1.29 is 0 Å². The molecule has 0 saturated carbocycles. The van der Waals surface area contributed by atoms with Crippen molar-refractivity contribution in [2.24, 2.45) is 0 Å². The van der Waals surface area contributed by atoms with Crippen molar-refractivity contribution in [2.75, 3.05) is 0 Å². The van der Waals surface area contributed by atoms with Gasteiger partial charge in [-0.1, -0.05) is 184 Å². The number of hydrogen-bond acceptors (Lipinski definition) is 3. The number of rotatable bonds is 5. The van der Waals surface area contributed by atoms with Gasteiger partial charge in [-0.25, -0.2) is 15.0 Å². The smallest absolute Gasteiger partial charge is 0.164 e. The van der Waals surface area contributed by atoms with E-state index in [1.807, 2.05) is 18.2 Å². The molecule has 8 aromatic carbocycles. The van der Waals surface area contributed by atoms with Gasteiger partial charge in [0.25, 0.3) is 0 Å². The van der Waals surface area contributed by atoms with Gasteiger partial charge in [0.05, 0.1) is 0 Å². The molecule has 3 nitrogen and oxygen atoms in total. The zero-order chi connectivity index (χ0) is 35.5. The predicted octanol–water partition coefficient (Wildman–Crippen LogP) is 12.8. The molecule has 250 valence electrons. The molecule has 0 N–H and O–H groups in total. The van der Waals surface area contributed by atoms with Crippen LogP contribution in [0, 0.1) is 0 Å². The molecule has 0 amide bonds. The lowest BCUT2D eigenvalue weighted by molar-refractivity contribution is 0.660. The lowest BCUT2D eigenvalue weighted by atomic mass is 9.81. The van der Waals surface area contributed by atoms with E-state index in [4.69, 9.17) is 15.0 Å². The Morgan fingerprint density at radius 1 is 0.302 bits per heavy atom. The summed E-state index contributed by atoms with van der Waals surface area (Å²) in [6.45, 7) is 4.67. The van der Waals surface area contributed by atoms with Crippen molar-refractivity contribution in [2.45, 2.75) is 19.3 Å². The molecule has 9 aromatic rings. The van der Waals surface area contributed by atoms with Gasteiger partial charge in [-0.15, -0.1) is 0 Å². The first-order valence-electron chi connectivity index (χ1n) is 18.2. The number of fused-ring (bicyclic) bond motifs is 5. The molecule has 0 atom stereocenters. The van der Waals surface area contributed by atoms with Gasteiger partial charge in [0, 0.05) is 22.1 Å². The summed E-state index contributed by atoms with van der Waals surface area (Å²) in [6.07, 6.45) is 0. The molecular weight excluding hydrogens is 643 g/mol. The first-order valence-corrected chi connectivity index (χ1v) is 18.2. The molecule has 0 bridgehead atoms. The first-order chi connectivity index (χ1) is 26.1. The van der Waals surface area contributed by atoms with Crippen LogP contribution in [-0.4, -0.2) is 15.0 Å². The summed E-state index contributed by atoms with van der Waals surface area (Å²) in [5.41, 5.74) is 13.0. The largest absolute Gasteiger partial charge is 0.208 e. The third-order valence-electron chi connectivity index (χ3n) is 11.0. The van der Waals surface area contributed by atoms with Gasteiger partial charge >= 0.3 is 0 Å². The molecule has 0 unspecified atom stereocenters. The Morgan fingerprint density at radius 3 is 1.45 bits per heavy atom. The summed E-state index contributed by atoms with van der Waals surface area (Å²) in [7, 11) is 0. The van der Waals surface area contributed by atoms with Crippen molar-refractivity contribution in [1.29, 1.82) is 0 Å². The van der Waals surface area contributed by atoms with Crippen LogP contribution in [0.5, 0.6) is 0 Å². The molecule has 3 heteroatoms. The van der Waals surface area contributed by atoms with E-state index < -0.39 is 0 Å². The molecule has 0 radical (unpaired) electrons. The van der Waals surface area contributed by atoms with Crippen molar-refractivity contribution in [3.05, 3.63) is 187 Å². The Balaban J connectivity index is 1.19. The zero-order valence-corrected chi connectivity index (χ0v) is 29.6. The number of benzene rings is 8. The molecule has 0 aliphatic heterocycles. The van der Waals surface area contributed by atoms with Gasteiger partial charge in [0.2, 0.25) is 0 Å². The molecule has 0 spiro atoms. The zero-order valence-electron chi connectivity index (χ0n) is 29.6. The monoisotopic (exact) mass is 677 g/mol. The fourth-order valence-electron chi connectivity index (χ4n) is 8.42. The van der Waals surface area contributed by atoms with Crippen LogP contribution in [-0.2, 0) is 5.41 Å². The molecule has 53 heavy (non-hydrogen) atoms. The van der Waals surface area contributed by atoms with Crippen LogP contribution in [0.25, 0.3) is 89.1 Å². The molecule has 0 fully saturated rings. The van der Waals surface area contributed by atoms with Gasteiger partial charge in [-0.2, -0.15) is 0 Å². The number of hydrogen-bond donors (Lipinski definition) is 0. The Labute approximate surface area is 309 Å². The van der Waals surface area contributed by atoms with Crippen LogP contribution in [0.4, 0.5) is 0 Å². The van der Waals surface area contributed by atoms with Gasteiger partial charge in [-0.05, 0) is 72.1 Å². The summed E-state index contributed by atoms with van der Waals surface area (Å²) in [6, 6.07) is 62.5. The lowest BCUT2D eigenvalue weighted by Crippen LogP contribution is -2.14. The van der Waals surface area contributed by atoms with E-state index >= 15 is 0 Å². The van der Waals surface area contributed by atoms with Crippen molar-refractivity contribution in [3.63, 3.8) is 0 Å². The van der Waals surface area contributed by atoms with Crippen molar-refractivity contribution >= 4 is 21.5 Å². The first kappa shape index (κ1) is 31.1. The van der Waals surface area contributed by atoms with Crippen molar-refractivity contribution in [3.8, 4) is 67.5 Å². The third kappa shape index (κ3) is 5.00. The normalized spacial score (nSPS) is 12.9.